The minimum absolute atomic E-state index is 0.283. The second-order valence-electron chi connectivity index (χ2n) is 2.85. The summed E-state index contributed by atoms with van der Waals surface area (Å²) >= 11 is 4.93. The minimum atomic E-state index is -0.416. The van der Waals surface area contributed by atoms with Gasteiger partial charge in [-0.15, -0.1) is 0 Å². The Bertz CT molecular complexity index is 476. The third-order valence-corrected chi connectivity index (χ3v) is 2.17. The molecule has 0 radical (unpaired) electrons. The summed E-state index contributed by atoms with van der Waals surface area (Å²) in [4.78, 5) is 25.2. The second-order valence-corrected chi connectivity index (χ2v) is 3.26. The molecule has 0 spiro atoms. The SMILES string of the molecule is Cc1cc2c(c(=S)[nH]1)C(=O)NC2=O. The van der Waals surface area contributed by atoms with E-state index >= 15 is 0 Å². The van der Waals surface area contributed by atoms with Gasteiger partial charge in [-0.05, 0) is 13.0 Å². The first-order valence-corrected chi connectivity index (χ1v) is 4.10. The number of aromatic nitrogens is 1. The minimum Gasteiger partial charge on any atom is -0.350 e. The molecule has 2 heterocycles. The van der Waals surface area contributed by atoms with E-state index in [0.717, 1.165) is 5.69 Å². The molecule has 5 heteroatoms. The summed E-state index contributed by atoms with van der Waals surface area (Å²) in [6.07, 6.45) is 0. The lowest BCUT2D eigenvalue weighted by atomic mass is 10.1. The van der Waals surface area contributed by atoms with Crippen LogP contribution in [0.15, 0.2) is 6.07 Å². The van der Waals surface area contributed by atoms with Crippen LogP contribution in [0.25, 0.3) is 0 Å². The van der Waals surface area contributed by atoms with Crippen molar-refractivity contribution < 1.29 is 9.59 Å². The van der Waals surface area contributed by atoms with E-state index in [0.29, 0.717) is 10.2 Å². The van der Waals surface area contributed by atoms with Gasteiger partial charge >= 0.3 is 0 Å². The first kappa shape index (κ1) is 8.12. The van der Waals surface area contributed by atoms with E-state index in [-0.39, 0.29) is 11.5 Å². The molecular weight excluding hydrogens is 188 g/mol. The van der Waals surface area contributed by atoms with Gasteiger partial charge in [0.1, 0.15) is 4.64 Å². The lowest BCUT2D eigenvalue weighted by molar-refractivity contribution is 0.0879. The van der Waals surface area contributed by atoms with Crippen molar-refractivity contribution in [2.24, 2.45) is 0 Å². The smallest absolute Gasteiger partial charge is 0.261 e. The Kier molecular flexibility index (Phi) is 1.56. The Morgan fingerprint density at radius 1 is 1.31 bits per heavy atom. The van der Waals surface area contributed by atoms with E-state index in [1.807, 2.05) is 0 Å². The fourth-order valence-electron chi connectivity index (χ4n) is 1.33. The Hall–Kier alpha value is -1.49. The van der Waals surface area contributed by atoms with Gasteiger partial charge in [-0.2, -0.15) is 0 Å². The van der Waals surface area contributed by atoms with Gasteiger partial charge in [0, 0.05) is 5.69 Å². The third-order valence-electron chi connectivity index (χ3n) is 1.87. The van der Waals surface area contributed by atoms with Crippen LogP contribution in [0.3, 0.4) is 0 Å². The van der Waals surface area contributed by atoms with Crippen LogP contribution < -0.4 is 5.32 Å². The number of carbonyl (C=O) groups excluding carboxylic acids is 2. The van der Waals surface area contributed by atoms with E-state index in [2.05, 4.69) is 10.3 Å². The Morgan fingerprint density at radius 3 is 2.69 bits per heavy atom. The molecule has 0 fully saturated rings. The maximum atomic E-state index is 11.2. The molecule has 1 aliphatic rings. The predicted octanol–water partition coefficient (Wildman–Crippen LogP) is 0.936. The fourth-order valence-corrected chi connectivity index (χ4v) is 1.69. The standard InChI is InChI=1S/C8H6N2O2S/c1-3-2-4-5(8(13)9-3)7(12)10-6(4)11/h2H,1H3,(H,9,13)(H,10,11,12). The van der Waals surface area contributed by atoms with Crippen LogP contribution in [-0.4, -0.2) is 16.8 Å². The number of amides is 2. The van der Waals surface area contributed by atoms with Crippen molar-refractivity contribution >= 4 is 24.0 Å². The van der Waals surface area contributed by atoms with E-state index in [1.165, 1.54) is 0 Å². The molecule has 2 amide bonds. The number of hydrogen-bond donors (Lipinski definition) is 2. The quantitative estimate of drug-likeness (QED) is 0.477. The lowest BCUT2D eigenvalue weighted by Crippen LogP contribution is -2.20. The zero-order valence-electron chi connectivity index (χ0n) is 6.80. The van der Waals surface area contributed by atoms with Crippen molar-refractivity contribution in [3.05, 3.63) is 27.5 Å². The van der Waals surface area contributed by atoms with Gasteiger partial charge in [-0.1, -0.05) is 12.2 Å². The van der Waals surface area contributed by atoms with E-state index in [9.17, 15) is 9.59 Å². The highest BCUT2D eigenvalue weighted by molar-refractivity contribution is 7.71. The van der Waals surface area contributed by atoms with Gasteiger partial charge in [0.15, 0.2) is 0 Å². The Morgan fingerprint density at radius 2 is 2.00 bits per heavy atom. The topological polar surface area (TPSA) is 62.0 Å². The van der Waals surface area contributed by atoms with E-state index in [1.54, 1.807) is 13.0 Å². The van der Waals surface area contributed by atoms with E-state index < -0.39 is 5.91 Å². The molecule has 1 aromatic heterocycles. The highest BCUT2D eigenvalue weighted by Gasteiger charge is 2.28. The van der Waals surface area contributed by atoms with Crippen molar-refractivity contribution in [1.82, 2.24) is 10.3 Å². The van der Waals surface area contributed by atoms with Gasteiger partial charge in [0.25, 0.3) is 11.8 Å². The molecule has 0 unspecified atom stereocenters. The van der Waals surface area contributed by atoms with Gasteiger partial charge in [0.2, 0.25) is 0 Å². The maximum Gasteiger partial charge on any atom is 0.261 e. The number of hydrogen-bond acceptors (Lipinski definition) is 3. The number of fused-ring (bicyclic) bond motifs is 1. The Labute approximate surface area is 79.0 Å². The molecule has 2 N–H and O–H groups in total. The number of aromatic amines is 1. The summed E-state index contributed by atoms with van der Waals surface area (Å²) in [5, 5.41) is 2.19. The van der Waals surface area contributed by atoms with Crippen molar-refractivity contribution in [2.45, 2.75) is 6.92 Å². The number of pyridine rings is 1. The van der Waals surface area contributed by atoms with Gasteiger partial charge in [0.05, 0.1) is 11.1 Å². The summed E-state index contributed by atoms with van der Waals surface area (Å²) in [5.74, 6) is -0.788. The van der Waals surface area contributed by atoms with Gasteiger partial charge in [-0.3, -0.25) is 14.9 Å². The van der Waals surface area contributed by atoms with Crippen LogP contribution >= 0.6 is 12.2 Å². The first-order chi connectivity index (χ1) is 6.09. The molecule has 0 aliphatic carbocycles. The number of imide groups is 1. The molecule has 13 heavy (non-hydrogen) atoms. The summed E-state index contributed by atoms with van der Waals surface area (Å²) in [5.41, 5.74) is 1.42. The van der Waals surface area contributed by atoms with Crippen LogP contribution in [0, 0.1) is 11.6 Å². The zero-order valence-corrected chi connectivity index (χ0v) is 7.62. The normalized spacial score (nSPS) is 14.2. The van der Waals surface area contributed by atoms with Crippen LogP contribution in [0.4, 0.5) is 0 Å². The average Bonchev–Trinajstić information content (AvgIpc) is 2.27. The molecule has 2 rings (SSSR count). The van der Waals surface area contributed by atoms with E-state index in [4.69, 9.17) is 12.2 Å². The summed E-state index contributed by atoms with van der Waals surface area (Å²) in [6.45, 7) is 1.78. The molecular formula is C8H6N2O2S. The van der Waals surface area contributed by atoms with Crippen molar-refractivity contribution in [2.75, 3.05) is 0 Å². The predicted molar refractivity (Wildman–Crippen MR) is 48.2 cm³/mol. The lowest BCUT2D eigenvalue weighted by Gasteiger charge is -1.96. The maximum absolute atomic E-state index is 11.2. The molecule has 66 valence electrons. The second kappa shape index (κ2) is 2.50. The largest absolute Gasteiger partial charge is 0.350 e. The summed E-state index contributed by atoms with van der Waals surface area (Å²) < 4.78 is 0.318. The van der Waals surface area contributed by atoms with Crippen molar-refractivity contribution in [3.63, 3.8) is 0 Å². The average molecular weight is 194 g/mol. The van der Waals surface area contributed by atoms with Crippen LogP contribution in [0.1, 0.15) is 26.4 Å². The molecule has 1 aliphatic heterocycles. The number of carbonyl (C=O) groups is 2. The molecule has 0 bridgehead atoms. The van der Waals surface area contributed by atoms with Crippen molar-refractivity contribution in [3.8, 4) is 0 Å². The van der Waals surface area contributed by atoms with Crippen LogP contribution in [-0.2, 0) is 0 Å². The van der Waals surface area contributed by atoms with Gasteiger partial charge in [-0.25, -0.2) is 0 Å². The number of nitrogens with one attached hydrogen (secondary N) is 2. The molecule has 0 saturated carbocycles. The molecule has 0 saturated heterocycles. The summed E-state index contributed by atoms with van der Waals surface area (Å²) in [7, 11) is 0. The summed E-state index contributed by atoms with van der Waals surface area (Å²) in [6, 6.07) is 1.62. The fraction of sp³-hybridized carbons (Fsp3) is 0.125. The molecule has 0 aromatic carbocycles. The number of H-pyrrole nitrogens is 1. The molecule has 4 nitrogen and oxygen atoms in total. The van der Waals surface area contributed by atoms with Crippen LogP contribution in [0.5, 0.6) is 0 Å². The zero-order chi connectivity index (χ0) is 9.59. The number of rotatable bonds is 0. The highest BCUT2D eigenvalue weighted by Crippen LogP contribution is 2.16. The van der Waals surface area contributed by atoms with Gasteiger partial charge < -0.3 is 4.98 Å². The third kappa shape index (κ3) is 1.08. The highest BCUT2D eigenvalue weighted by atomic mass is 32.1. The first-order valence-electron chi connectivity index (χ1n) is 3.69. The monoisotopic (exact) mass is 194 g/mol. The van der Waals surface area contributed by atoms with Crippen molar-refractivity contribution in [1.29, 1.82) is 0 Å². The van der Waals surface area contributed by atoms with Crippen LogP contribution in [0.2, 0.25) is 0 Å². The Balaban J connectivity index is 2.85. The number of aryl methyl sites for hydroxylation is 1. The molecule has 1 aromatic rings. The molecule has 0 atom stereocenters.